The second kappa shape index (κ2) is 6.91. The Morgan fingerprint density at radius 2 is 2.28 bits per heavy atom. The van der Waals surface area contributed by atoms with Crippen molar-refractivity contribution in [2.45, 2.75) is 12.3 Å². The van der Waals surface area contributed by atoms with Crippen molar-refractivity contribution in [2.24, 2.45) is 0 Å². The molecule has 5 nitrogen and oxygen atoms in total. The van der Waals surface area contributed by atoms with E-state index in [4.69, 9.17) is 9.47 Å². The number of hydrogen-bond donors (Lipinski definition) is 1. The Hall–Kier alpha value is -0.860. The molecule has 1 N–H and O–H groups in total. The minimum absolute atomic E-state index is 0.213. The molecule has 1 heterocycles. The van der Waals surface area contributed by atoms with Gasteiger partial charge in [-0.15, -0.1) is 0 Å². The summed E-state index contributed by atoms with van der Waals surface area (Å²) in [6.07, 6.45) is -4.51. The van der Waals surface area contributed by atoms with Gasteiger partial charge in [0.25, 0.3) is 0 Å². The van der Waals surface area contributed by atoms with E-state index in [1.165, 1.54) is 12.0 Å². The molecule has 1 fully saturated rings. The number of halogens is 3. The van der Waals surface area contributed by atoms with Crippen LogP contribution in [0.25, 0.3) is 0 Å². The van der Waals surface area contributed by atoms with Gasteiger partial charge in [-0.2, -0.15) is 13.2 Å². The molecule has 1 rings (SSSR count). The Labute approximate surface area is 103 Å². The molecule has 0 spiro atoms. The van der Waals surface area contributed by atoms with Crippen LogP contribution < -0.4 is 5.32 Å². The Balaban J connectivity index is 2.28. The van der Waals surface area contributed by atoms with Crippen molar-refractivity contribution in [3.63, 3.8) is 0 Å². The maximum absolute atomic E-state index is 11.9. The first-order chi connectivity index (χ1) is 8.42. The molecule has 0 bridgehead atoms. The van der Waals surface area contributed by atoms with Gasteiger partial charge in [-0.1, -0.05) is 0 Å². The first-order valence-electron chi connectivity index (χ1n) is 5.58. The largest absolute Gasteiger partial charge is 0.401 e. The third-order valence-electron chi connectivity index (χ3n) is 2.45. The number of rotatable bonds is 5. The van der Waals surface area contributed by atoms with E-state index < -0.39 is 12.7 Å². The number of morpholine rings is 1. The summed E-state index contributed by atoms with van der Waals surface area (Å²) in [6.45, 7) is -0.00426. The van der Waals surface area contributed by atoms with Gasteiger partial charge in [0.05, 0.1) is 32.4 Å². The van der Waals surface area contributed by atoms with Gasteiger partial charge < -0.3 is 19.7 Å². The van der Waals surface area contributed by atoms with Crippen LogP contribution in [-0.4, -0.2) is 69.6 Å². The summed E-state index contributed by atoms with van der Waals surface area (Å²) in [4.78, 5) is 13.1. The third kappa shape index (κ3) is 5.65. The van der Waals surface area contributed by atoms with Gasteiger partial charge in [-0.05, 0) is 0 Å². The normalized spacial score (nSPS) is 21.1. The summed E-state index contributed by atoms with van der Waals surface area (Å²) in [5.41, 5.74) is 0. The van der Waals surface area contributed by atoms with Gasteiger partial charge in [0.15, 0.2) is 0 Å². The molecule has 1 saturated heterocycles. The van der Waals surface area contributed by atoms with Gasteiger partial charge in [0.1, 0.15) is 0 Å². The monoisotopic (exact) mass is 270 g/mol. The predicted molar refractivity (Wildman–Crippen MR) is 57.1 cm³/mol. The van der Waals surface area contributed by atoms with Crippen molar-refractivity contribution < 1.29 is 27.4 Å². The van der Waals surface area contributed by atoms with E-state index in [2.05, 4.69) is 5.32 Å². The van der Waals surface area contributed by atoms with E-state index >= 15 is 0 Å². The molecule has 1 amide bonds. The molecule has 0 aromatic heterocycles. The van der Waals surface area contributed by atoms with Crippen LogP contribution in [0.1, 0.15) is 0 Å². The van der Waals surface area contributed by atoms with Crippen molar-refractivity contribution in [3.05, 3.63) is 0 Å². The van der Waals surface area contributed by atoms with Gasteiger partial charge >= 0.3 is 6.18 Å². The van der Waals surface area contributed by atoms with Crippen molar-refractivity contribution in [3.8, 4) is 0 Å². The zero-order chi connectivity index (χ0) is 13.6. The number of nitrogens with one attached hydrogen (secondary N) is 1. The highest BCUT2D eigenvalue weighted by Crippen LogP contribution is 2.12. The molecule has 1 aliphatic heterocycles. The summed E-state index contributed by atoms with van der Waals surface area (Å²) in [7, 11) is 1.52. The number of amides is 1. The lowest BCUT2D eigenvalue weighted by molar-refractivity contribution is -0.142. The maximum Gasteiger partial charge on any atom is 0.401 e. The van der Waals surface area contributed by atoms with Crippen LogP contribution in [-0.2, 0) is 14.3 Å². The average Bonchev–Trinajstić information content (AvgIpc) is 2.28. The fourth-order valence-corrected chi connectivity index (χ4v) is 1.66. The highest BCUT2D eigenvalue weighted by molar-refractivity contribution is 5.78. The maximum atomic E-state index is 11.9. The molecule has 1 aliphatic rings. The molecule has 1 unspecified atom stereocenters. The summed E-state index contributed by atoms with van der Waals surface area (Å²) in [5, 5.41) is 2.08. The van der Waals surface area contributed by atoms with Crippen LogP contribution >= 0.6 is 0 Å². The van der Waals surface area contributed by atoms with E-state index in [1.54, 1.807) is 0 Å². The smallest absolute Gasteiger partial charge is 0.382 e. The van der Waals surface area contributed by atoms with Gasteiger partial charge in [-0.3, -0.25) is 4.79 Å². The molecule has 0 aliphatic carbocycles. The van der Waals surface area contributed by atoms with Crippen LogP contribution in [0, 0.1) is 0 Å². The molecule has 0 aromatic rings. The Kier molecular flexibility index (Phi) is 5.83. The number of carbonyl (C=O) groups is 1. The van der Waals surface area contributed by atoms with Crippen molar-refractivity contribution in [1.82, 2.24) is 10.2 Å². The summed E-state index contributed by atoms with van der Waals surface area (Å²) >= 11 is 0. The number of hydrogen-bond acceptors (Lipinski definition) is 4. The fourth-order valence-electron chi connectivity index (χ4n) is 1.66. The standard InChI is InChI=1S/C10H17F3N2O3/c1-17-6-8-5-15(2-3-18-8)9(16)4-14-7-10(11,12)13/h8,14H,2-7H2,1H3. The van der Waals surface area contributed by atoms with E-state index in [0.29, 0.717) is 26.3 Å². The Bertz CT molecular complexity index is 272. The van der Waals surface area contributed by atoms with E-state index in [1.807, 2.05) is 0 Å². The fraction of sp³-hybridized carbons (Fsp3) is 0.900. The molecule has 8 heteroatoms. The summed E-state index contributed by atoms with van der Waals surface area (Å²) < 4.78 is 45.9. The summed E-state index contributed by atoms with van der Waals surface area (Å²) in [6, 6.07) is 0. The number of alkyl halides is 3. The van der Waals surface area contributed by atoms with Crippen LogP contribution in [0.5, 0.6) is 0 Å². The summed E-state index contributed by atoms with van der Waals surface area (Å²) in [5.74, 6) is -0.358. The average molecular weight is 270 g/mol. The molecule has 0 saturated carbocycles. The zero-order valence-electron chi connectivity index (χ0n) is 10.1. The molecule has 106 valence electrons. The minimum Gasteiger partial charge on any atom is -0.382 e. The number of nitrogens with zero attached hydrogens (tertiary/aromatic N) is 1. The van der Waals surface area contributed by atoms with Gasteiger partial charge in [0.2, 0.25) is 5.91 Å². The van der Waals surface area contributed by atoms with E-state index in [9.17, 15) is 18.0 Å². The lowest BCUT2D eigenvalue weighted by Gasteiger charge is -2.32. The highest BCUT2D eigenvalue weighted by atomic mass is 19.4. The van der Waals surface area contributed by atoms with Crippen molar-refractivity contribution in [2.75, 3.05) is 46.5 Å². The predicted octanol–water partition coefficient (Wildman–Crippen LogP) is 0.0121. The van der Waals surface area contributed by atoms with Crippen molar-refractivity contribution >= 4 is 5.91 Å². The quantitative estimate of drug-likeness (QED) is 0.765. The second-order valence-electron chi connectivity index (χ2n) is 4.01. The second-order valence-corrected chi connectivity index (χ2v) is 4.01. The lowest BCUT2D eigenvalue weighted by atomic mass is 10.3. The SMILES string of the molecule is COCC1CN(C(=O)CNCC(F)(F)F)CCO1. The zero-order valence-corrected chi connectivity index (χ0v) is 10.1. The molecule has 1 atom stereocenters. The molecular formula is C10H17F3N2O3. The van der Waals surface area contributed by atoms with E-state index in [0.717, 1.165) is 0 Å². The topological polar surface area (TPSA) is 50.8 Å². The van der Waals surface area contributed by atoms with Gasteiger partial charge in [0, 0.05) is 20.2 Å². The number of ether oxygens (including phenoxy) is 2. The number of carbonyl (C=O) groups excluding carboxylic acids is 1. The third-order valence-corrected chi connectivity index (χ3v) is 2.45. The molecule has 0 aromatic carbocycles. The Morgan fingerprint density at radius 1 is 1.56 bits per heavy atom. The number of methoxy groups -OCH3 is 1. The van der Waals surface area contributed by atoms with Crippen LogP contribution in [0.3, 0.4) is 0 Å². The minimum atomic E-state index is -4.30. The van der Waals surface area contributed by atoms with E-state index in [-0.39, 0.29) is 18.6 Å². The molecule has 0 radical (unpaired) electrons. The lowest BCUT2D eigenvalue weighted by Crippen LogP contribution is -2.50. The highest BCUT2D eigenvalue weighted by Gasteiger charge is 2.28. The van der Waals surface area contributed by atoms with Crippen LogP contribution in [0.4, 0.5) is 13.2 Å². The molecule has 18 heavy (non-hydrogen) atoms. The van der Waals surface area contributed by atoms with Crippen LogP contribution in [0.15, 0.2) is 0 Å². The first kappa shape index (κ1) is 15.2. The Morgan fingerprint density at radius 3 is 2.89 bits per heavy atom. The van der Waals surface area contributed by atoms with Crippen LogP contribution in [0.2, 0.25) is 0 Å². The molecular weight excluding hydrogens is 253 g/mol. The first-order valence-corrected chi connectivity index (χ1v) is 5.58. The van der Waals surface area contributed by atoms with Gasteiger partial charge in [-0.25, -0.2) is 0 Å². The van der Waals surface area contributed by atoms with Crippen molar-refractivity contribution in [1.29, 1.82) is 0 Å².